The van der Waals surface area contributed by atoms with Crippen molar-refractivity contribution in [2.24, 2.45) is 7.05 Å². The molecule has 0 unspecified atom stereocenters. The Morgan fingerprint density at radius 2 is 1.93 bits per heavy atom. The standard InChI is InChI=1S/C17H11ClF4N6/c1-27-8-13(17(20,21)22)25-14(27)9-2-3-10(12(19)4-9)7-28-15-11(6-24-28)5-23-16(18)26-15/h2-6,8H,7H2,1H3. The Morgan fingerprint density at radius 3 is 2.61 bits per heavy atom. The number of alkyl halides is 3. The van der Waals surface area contributed by atoms with Gasteiger partial charge < -0.3 is 4.57 Å². The maximum Gasteiger partial charge on any atom is 0.434 e. The van der Waals surface area contributed by atoms with Crippen LogP contribution in [0.5, 0.6) is 0 Å². The number of nitrogens with zero attached hydrogens (tertiary/aromatic N) is 6. The number of rotatable bonds is 3. The van der Waals surface area contributed by atoms with Gasteiger partial charge in [0, 0.05) is 30.6 Å². The second kappa shape index (κ2) is 6.55. The van der Waals surface area contributed by atoms with E-state index in [0.29, 0.717) is 11.0 Å². The summed E-state index contributed by atoms with van der Waals surface area (Å²) < 4.78 is 55.8. The molecule has 0 fully saturated rings. The van der Waals surface area contributed by atoms with E-state index in [1.54, 1.807) is 0 Å². The Balaban J connectivity index is 1.67. The van der Waals surface area contributed by atoms with Crippen molar-refractivity contribution in [1.82, 2.24) is 29.3 Å². The van der Waals surface area contributed by atoms with Crippen LogP contribution in [0.2, 0.25) is 5.28 Å². The van der Waals surface area contributed by atoms with Crippen LogP contribution in [0.15, 0.2) is 36.8 Å². The zero-order chi connectivity index (χ0) is 20.1. The molecule has 6 nitrogen and oxygen atoms in total. The Labute approximate surface area is 160 Å². The monoisotopic (exact) mass is 410 g/mol. The lowest BCUT2D eigenvalue weighted by Crippen LogP contribution is -2.05. The average Bonchev–Trinajstić information content (AvgIpc) is 3.20. The van der Waals surface area contributed by atoms with Crippen molar-refractivity contribution in [2.75, 3.05) is 0 Å². The zero-order valence-corrected chi connectivity index (χ0v) is 15.0. The Hall–Kier alpha value is -3.01. The summed E-state index contributed by atoms with van der Waals surface area (Å²) in [6.07, 6.45) is -0.670. The van der Waals surface area contributed by atoms with Gasteiger partial charge in [-0.25, -0.2) is 19.0 Å². The van der Waals surface area contributed by atoms with Gasteiger partial charge in [0.25, 0.3) is 0 Å². The Bertz CT molecular complexity index is 1180. The minimum absolute atomic E-state index is 0.0156. The van der Waals surface area contributed by atoms with Crippen molar-refractivity contribution in [3.63, 3.8) is 0 Å². The van der Waals surface area contributed by atoms with Crippen LogP contribution < -0.4 is 0 Å². The number of fused-ring (bicyclic) bond motifs is 1. The lowest BCUT2D eigenvalue weighted by atomic mass is 10.1. The summed E-state index contributed by atoms with van der Waals surface area (Å²) in [5.41, 5.74) is -0.0693. The average molecular weight is 411 g/mol. The number of halogens is 5. The molecule has 0 bridgehead atoms. The topological polar surface area (TPSA) is 61.4 Å². The molecule has 4 rings (SSSR count). The van der Waals surface area contributed by atoms with Gasteiger partial charge in [0.15, 0.2) is 11.3 Å². The molecule has 0 saturated heterocycles. The van der Waals surface area contributed by atoms with Gasteiger partial charge in [-0.05, 0) is 17.7 Å². The first-order valence-corrected chi connectivity index (χ1v) is 8.33. The molecule has 0 aliphatic rings. The Morgan fingerprint density at radius 1 is 1.14 bits per heavy atom. The van der Waals surface area contributed by atoms with E-state index in [1.807, 2.05) is 0 Å². The predicted molar refractivity (Wildman–Crippen MR) is 93.0 cm³/mol. The quantitative estimate of drug-likeness (QED) is 0.377. The van der Waals surface area contributed by atoms with Crippen LogP contribution in [0, 0.1) is 5.82 Å². The first kappa shape index (κ1) is 18.4. The van der Waals surface area contributed by atoms with Crippen molar-refractivity contribution in [2.45, 2.75) is 12.7 Å². The lowest BCUT2D eigenvalue weighted by molar-refractivity contribution is -0.140. The molecule has 0 amide bonds. The summed E-state index contributed by atoms with van der Waals surface area (Å²) >= 11 is 5.79. The van der Waals surface area contributed by atoms with Gasteiger partial charge in [-0.1, -0.05) is 12.1 Å². The summed E-state index contributed by atoms with van der Waals surface area (Å²) in [5.74, 6) is -0.584. The van der Waals surface area contributed by atoms with Crippen LogP contribution in [0.3, 0.4) is 0 Å². The third kappa shape index (κ3) is 3.31. The van der Waals surface area contributed by atoms with Crippen LogP contribution in [0.25, 0.3) is 22.4 Å². The van der Waals surface area contributed by atoms with E-state index in [2.05, 4.69) is 20.1 Å². The van der Waals surface area contributed by atoms with Gasteiger partial charge >= 0.3 is 6.18 Å². The molecule has 0 radical (unpaired) electrons. The fourth-order valence-electron chi connectivity index (χ4n) is 2.81. The molecule has 3 aromatic heterocycles. The maximum atomic E-state index is 14.6. The van der Waals surface area contributed by atoms with E-state index in [1.165, 1.54) is 40.8 Å². The largest absolute Gasteiger partial charge is 0.434 e. The molecule has 0 atom stereocenters. The van der Waals surface area contributed by atoms with Crippen molar-refractivity contribution in [1.29, 1.82) is 0 Å². The van der Waals surface area contributed by atoms with E-state index >= 15 is 0 Å². The van der Waals surface area contributed by atoms with Crippen LogP contribution >= 0.6 is 11.6 Å². The molecule has 3 heterocycles. The summed E-state index contributed by atoms with van der Waals surface area (Å²) in [4.78, 5) is 11.5. The SMILES string of the molecule is Cn1cc(C(F)(F)F)nc1-c1ccc(Cn2ncc3cnc(Cl)nc32)c(F)c1. The first-order chi connectivity index (χ1) is 13.2. The third-order valence-electron chi connectivity index (χ3n) is 4.15. The normalized spacial score (nSPS) is 12.1. The van der Waals surface area contributed by atoms with Gasteiger partial charge in [0.2, 0.25) is 5.28 Å². The summed E-state index contributed by atoms with van der Waals surface area (Å²) in [6.45, 7) is 0.0668. The lowest BCUT2D eigenvalue weighted by Gasteiger charge is -2.07. The minimum Gasteiger partial charge on any atom is -0.333 e. The van der Waals surface area contributed by atoms with Gasteiger partial charge in [-0.3, -0.25) is 0 Å². The third-order valence-corrected chi connectivity index (χ3v) is 4.33. The molecule has 4 aromatic rings. The van der Waals surface area contributed by atoms with E-state index in [-0.39, 0.29) is 28.8 Å². The summed E-state index contributed by atoms with van der Waals surface area (Å²) in [5, 5.41) is 4.83. The fraction of sp³-hybridized carbons (Fsp3) is 0.176. The molecular weight excluding hydrogens is 400 g/mol. The molecular formula is C17H11ClF4N6. The van der Waals surface area contributed by atoms with Crippen molar-refractivity contribution >= 4 is 22.6 Å². The number of imidazole rings is 1. The first-order valence-electron chi connectivity index (χ1n) is 7.96. The number of hydrogen-bond acceptors (Lipinski definition) is 4. The van der Waals surface area contributed by atoms with E-state index in [9.17, 15) is 17.6 Å². The Kier molecular flexibility index (Phi) is 4.30. The number of aromatic nitrogens is 6. The number of benzene rings is 1. The minimum atomic E-state index is -4.57. The molecule has 0 aliphatic heterocycles. The van der Waals surface area contributed by atoms with Crippen LogP contribution in [0.1, 0.15) is 11.3 Å². The van der Waals surface area contributed by atoms with Crippen molar-refractivity contribution < 1.29 is 17.6 Å². The van der Waals surface area contributed by atoms with Gasteiger partial charge in [-0.15, -0.1) is 0 Å². The second-order valence-electron chi connectivity index (χ2n) is 6.08. The van der Waals surface area contributed by atoms with Crippen molar-refractivity contribution in [3.05, 3.63) is 59.1 Å². The molecule has 11 heteroatoms. The highest BCUT2D eigenvalue weighted by molar-refractivity contribution is 6.28. The highest BCUT2D eigenvalue weighted by Crippen LogP contribution is 2.31. The van der Waals surface area contributed by atoms with Gasteiger partial charge in [-0.2, -0.15) is 23.3 Å². The van der Waals surface area contributed by atoms with Gasteiger partial charge in [0.1, 0.15) is 11.6 Å². The number of hydrogen-bond donors (Lipinski definition) is 0. The summed E-state index contributed by atoms with van der Waals surface area (Å²) in [7, 11) is 1.42. The molecule has 0 saturated carbocycles. The number of aryl methyl sites for hydroxylation is 1. The summed E-state index contributed by atoms with van der Waals surface area (Å²) in [6, 6.07) is 4.13. The zero-order valence-electron chi connectivity index (χ0n) is 14.2. The molecule has 0 spiro atoms. The predicted octanol–water partition coefficient (Wildman–Crippen LogP) is 4.09. The highest BCUT2D eigenvalue weighted by atomic mass is 35.5. The van der Waals surface area contributed by atoms with Crippen LogP contribution in [-0.4, -0.2) is 29.3 Å². The molecule has 1 aromatic carbocycles. The highest BCUT2D eigenvalue weighted by Gasteiger charge is 2.34. The van der Waals surface area contributed by atoms with E-state index in [0.717, 1.165) is 12.3 Å². The smallest absolute Gasteiger partial charge is 0.333 e. The molecule has 0 N–H and O–H groups in total. The van der Waals surface area contributed by atoms with E-state index in [4.69, 9.17) is 11.6 Å². The second-order valence-corrected chi connectivity index (χ2v) is 6.42. The van der Waals surface area contributed by atoms with Gasteiger partial charge in [0.05, 0.1) is 18.1 Å². The van der Waals surface area contributed by atoms with Crippen LogP contribution in [-0.2, 0) is 19.8 Å². The molecule has 0 aliphatic carbocycles. The maximum absolute atomic E-state index is 14.6. The van der Waals surface area contributed by atoms with Crippen molar-refractivity contribution in [3.8, 4) is 11.4 Å². The molecule has 28 heavy (non-hydrogen) atoms. The van der Waals surface area contributed by atoms with Crippen LogP contribution in [0.4, 0.5) is 17.6 Å². The molecule has 144 valence electrons. The fourth-order valence-corrected chi connectivity index (χ4v) is 2.94. The van der Waals surface area contributed by atoms with E-state index < -0.39 is 17.7 Å².